The number of amides is 4. The zero-order valence-corrected chi connectivity index (χ0v) is 14.7. The van der Waals surface area contributed by atoms with E-state index in [1.807, 2.05) is 6.92 Å². The predicted molar refractivity (Wildman–Crippen MR) is 97.9 cm³/mol. The molecule has 1 fully saturated rings. The van der Waals surface area contributed by atoms with Crippen LogP contribution in [0.1, 0.15) is 18.1 Å². The summed E-state index contributed by atoms with van der Waals surface area (Å²) in [6.45, 7) is 3.17. The molecular weight excluding hydrogens is 348 g/mol. The molecule has 0 bridgehead atoms. The fourth-order valence-electron chi connectivity index (χ4n) is 2.55. The van der Waals surface area contributed by atoms with Crippen molar-refractivity contribution in [3.05, 3.63) is 65.2 Å². The lowest BCUT2D eigenvalue weighted by molar-refractivity contribution is -0.132. The van der Waals surface area contributed by atoms with Gasteiger partial charge in [-0.3, -0.25) is 19.7 Å². The SMILES string of the molecule is CC(=O)Oc1ccc(/C=C2\C(=O)NC(=O)N(c3ccc(C)cc3)C2=O)cc1. The predicted octanol–water partition coefficient (Wildman–Crippen LogP) is 2.59. The van der Waals surface area contributed by atoms with E-state index >= 15 is 0 Å². The molecule has 7 heteroatoms. The monoisotopic (exact) mass is 364 g/mol. The highest BCUT2D eigenvalue weighted by Gasteiger charge is 2.36. The van der Waals surface area contributed by atoms with E-state index in [9.17, 15) is 19.2 Å². The molecule has 0 aromatic heterocycles. The van der Waals surface area contributed by atoms with Gasteiger partial charge < -0.3 is 4.74 Å². The van der Waals surface area contributed by atoms with Crippen molar-refractivity contribution in [2.75, 3.05) is 4.90 Å². The molecule has 1 aliphatic heterocycles. The Kier molecular flexibility index (Phi) is 4.85. The van der Waals surface area contributed by atoms with Crippen LogP contribution >= 0.6 is 0 Å². The standard InChI is InChI=1S/C20H16N2O5/c1-12-3-7-15(8-4-12)22-19(25)17(18(24)21-20(22)26)11-14-5-9-16(10-6-14)27-13(2)23/h3-11H,1-2H3,(H,21,24,26)/b17-11+. The van der Waals surface area contributed by atoms with Crippen molar-refractivity contribution >= 4 is 35.6 Å². The van der Waals surface area contributed by atoms with Crippen LogP contribution in [0, 0.1) is 6.92 Å². The van der Waals surface area contributed by atoms with Gasteiger partial charge in [-0.1, -0.05) is 29.8 Å². The number of barbiturate groups is 1. The Bertz CT molecular complexity index is 959. The van der Waals surface area contributed by atoms with Crippen molar-refractivity contribution in [3.8, 4) is 5.75 Å². The summed E-state index contributed by atoms with van der Waals surface area (Å²) in [7, 11) is 0. The van der Waals surface area contributed by atoms with Crippen LogP contribution in [0.25, 0.3) is 6.08 Å². The van der Waals surface area contributed by atoms with E-state index in [0.29, 0.717) is 17.0 Å². The minimum Gasteiger partial charge on any atom is -0.427 e. The van der Waals surface area contributed by atoms with E-state index in [0.717, 1.165) is 10.5 Å². The number of nitrogens with zero attached hydrogens (tertiary/aromatic N) is 1. The number of carbonyl (C=O) groups is 4. The van der Waals surface area contributed by atoms with Crippen LogP contribution in [0.4, 0.5) is 10.5 Å². The second kappa shape index (κ2) is 7.25. The van der Waals surface area contributed by atoms with Crippen LogP contribution in [0.2, 0.25) is 0 Å². The van der Waals surface area contributed by atoms with Crippen molar-refractivity contribution in [2.45, 2.75) is 13.8 Å². The number of ether oxygens (including phenoxy) is 1. The van der Waals surface area contributed by atoms with Crippen molar-refractivity contribution in [1.29, 1.82) is 0 Å². The molecule has 0 unspecified atom stereocenters. The Labute approximate surface area is 155 Å². The first-order chi connectivity index (χ1) is 12.8. The van der Waals surface area contributed by atoms with Crippen molar-refractivity contribution in [3.63, 3.8) is 0 Å². The number of nitrogens with one attached hydrogen (secondary N) is 1. The molecular formula is C20H16N2O5. The molecule has 27 heavy (non-hydrogen) atoms. The first-order valence-corrected chi connectivity index (χ1v) is 8.12. The molecule has 136 valence electrons. The first-order valence-electron chi connectivity index (χ1n) is 8.12. The van der Waals surface area contributed by atoms with Gasteiger partial charge in [-0.05, 0) is 42.8 Å². The topological polar surface area (TPSA) is 92.8 Å². The Morgan fingerprint density at radius 2 is 1.63 bits per heavy atom. The number of rotatable bonds is 3. The quantitative estimate of drug-likeness (QED) is 0.391. The number of carbonyl (C=O) groups excluding carboxylic acids is 4. The fourth-order valence-corrected chi connectivity index (χ4v) is 2.55. The number of imide groups is 2. The molecule has 0 spiro atoms. The Balaban J connectivity index is 1.91. The van der Waals surface area contributed by atoms with E-state index in [2.05, 4.69) is 5.32 Å². The summed E-state index contributed by atoms with van der Waals surface area (Å²) in [5.74, 6) is -1.58. The summed E-state index contributed by atoms with van der Waals surface area (Å²) in [5, 5.41) is 2.17. The molecule has 1 aliphatic rings. The molecule has 0 aliphatic carbocycles. The van der Waals surface area contributed by atoms with Gasteiger partial charge in [0, 0.05) is 6.92 Å². The van der Waals surface area contributed by atoms with Gasteiger partial charge in [0.05, 0.1) is 5.69 Å². The maximum Gasteiger partial charge on any atom is 0.335 e. The zero-order valence-electron chi connectivity index (χ0n) is 14.7. The van der Waals surface area contributed by atoms with E-state index in [-0.39, 0.29) is 5.57 Å². The second-order valence-corrected chi connectivity index (χ2v) is 5.96. The summed E-state index contributed by atoms with van der Waals surface area (Å²) in [6.07, 6.45) is 1.38. The van der Waals surface area contributed by atoms with Gasteiger partial charge in [-0.25, -0.2) is 9.69 Å². The summed E-state index contributed by atoms with van der Waals surface area (Å²) in [5.41, 5.74) is 1.72. The van der Waals surface area contributed by atoms with Crippen LogP contribution in [0.5, 0.6) is 5.75 Å². The van der Waals surface area contributed by atoms with Crippen molar-refractivity contribution in [1.82, 2.24) is 5.32 Å². The number of anilines is 1. The Morgan fingerprint density at radius 3 is 2.22 bits per heavy atom. The average Bonchev–Trinajstić information content (AvgIpc) is 2.61. The van der Waals surface area contributed by atoms with Crippen molar-refractivity contribution < 1.29 is 23.9 Å². The smallest absolute Gasteiger partial charge is 0.335 e. The molecule has 4 amide bonds. The van der Waals surface area contributed by atoms with Gasteiger partial charge in [0.25, 0.3) is 11.8 Å². The van der Waals surface area contributed by atoms with E-state index in [1.54, 1.807) is 48.5 Å². The Morgan fingerprint density at radius 1 is 1.00 bits per heavy atom. The van der Waals surface area contributed by atoms with Gasteiger partial charge in [-0.15, -0.1) is 0 Å². The average molecular weight is 364 g/mol. The van der Waals surface area contributed by atoms with Gasteiger partial charge in [0.1, 0.15) is 11.3 Å². The third kappa shape index (κ3) is 3.92. The number of benzene rings is 2. The largest absolute Gasteiger partial charge is 0.427 e. The van der Waals surface area contributed by atoms with Crippen LogP contribution in [0.15, 0.2) is 54.1 Å². The number of aryl methyl sites for hydroxylation is 1. The highest BCUT2D eigenvalue weighted by molar-refractivity contribution is 6.39. The van der Waals surface area contributed by atoms with Crippen LogP contribution < -0.4 is 15.0 Å². The fraction of sp³-hybridized carbons (Fsp3) is 0.100. The number of hydrogen-bond acceptors (Lipinski definition) is 5. The molecule has 1 heterocycles. The number of urea groups is 1. The van der Waals surface area contributed by atoms with Gasteiger partial charge in [0.2, 0.25) is 0 Å². The summed E-state index contributed by atoms with van der Waals surface area (Å²) in [4.78, 5) is 48.9. The summed E-state index contributed by atoms with van der Waals surface area (Å²) >= 11 is 0. The highest BCUT2D eigenvalue weighted by atomic mass is 16.5. The van der Waals surface area contributed by atoms with E-state index < -0.39 is 23.8 Å². The van der Waals surface area contributed by atoms with E-state index in [4.69, 9.17) is 4.74 Å². The molecule has 3 rings (SSSR count). The normalized spacial score (nSPS) is 15.7. The second-order valence-electron chi connectivity index (χ2n) is 5.96. The number of esters is 1. The lowest BCUT2D eigenvalue weighted by atomic mass is 10.1. The minimum atomic E-state index is -0.795. The summed E-state index contributed by atoms with van der Waals surface area (Å²) < 4.78 is 4.94. The maximum absolute atomic E-state index is 12.8. The minimum absolute atomic E-state index is 0.171. The molecule has 1 N–H and O–H groups in total. The van der Waals surface area contributed by atoms with Crippen LogP contribution in [-0.4, -0.2) is 23.8 Å². The molecule has 1 saturated heterocycles. The number of hydrogen-bond donors (Lipinski definition) is 1. The van der Waals surface area contributed by atoms with Gasteiger partial charge in [-0.2, -0.15) is 0 Å². The molecule has 2 aromatic rings. The molecule has 0 radical (unpaired) electrons. The van der Waals surface area contributed by atoms with E-state index in [1.165, 1.54) is 13.0 Å². The first kappa shape index (κ1) is 18.1. The lowest BCUT2D eigenvalue weighted by Gasteiger charge is -2.26. The molecule has 2 aromatic carbocycles. The molecule has 7 nitrogen and oxygen atoms in total. The summed E-state index contributed by atoms with van der Waals surface area (Å²) in [6, 6.07) is 12.3. The maximum atomic E-state index is 12.8. The lowest BCUT2D eigenvalue weighted by Crippen LogP contribution is -2.54. The van der Waals surface area contributed by atoms with Crippen LogP contribution in [-0.2, 0) is 14.4 Å². The van der Waals surface area contributed by atoms with Crippen LogP contribution in [0.3, 0.4) is 0 Å². The molecule has 0 atom stereocenters. The third-order valence-electron chi connectivity index (χ3n) is 3.85. The highest BCUT2D eigenvalue weighted by Crippen LogP contribution is 2.23. The Hall–Kier alpha value is -3.74. The van der Waals surface area contributed by atoms with Crippen molar-refractivity contribution in [2.24, 2.45) is 0 Å². The zero-order chi connectivity index (χ0) is 19.6. The molecule has 0 saturated carbocycles. The third-order valence-corrected chi connectivity index (χ3v) is 3.85. The van der Waals surface area contributed by atoms with Gasteiger partial charge >= 0.3 is 12.0 Å². The van der Waals surface area contributed by atoms with Gasteiger partial charge in [0.15, 0.2) is 0 Å².